The highest BCUT2D eigenvalue weighted by Crippen LogP contribution is 2.48. The highest BCUT2D eigenvalue weighted by atomic mass is 16.4. The molecule has 2 bridgehead atoms. The fraction of sp³-hybridized carbons (Fsp3) is 0.667. The Balaban J connectivity index is 2.00. The molecule has 2 rings (SSSR count). The molecule has 1 saturated carbocycles. The standard InChI is InChI=1S/C15H22N2O4/c1-3-6-16-11(18)8-17(2)14(19)12-9-4-5-10(7-9)13(12)15(20)21/h4-5,9-10,12-13H,3,6-8H2,1-2H3,(H,16,18)(H,20,21)/t9?,10?,12-,13+/m0/s1. The van der Waals surface area contributed by atoms with Crippen LogP contribution in [0.2, 0.25) is 0 Å². The van der Waals surface area contributed by atoms with Gasteiger partial charge in [0.2, 0.25) is 11.8 Å². The number of carbonyl (C=O) groups is 3. The second-order valence-electron chi connectivity index (χ2n) is 5.88. The average molecular weight is 294 g/mol. The van der Waals surface area contributed by atoms with Crippen molar-refractivity contribution in [3.05, 3.63) is 12.2 Å². The number of carbonyl (C=O) groups excluding carboxylic acids is 2. The summed E-state index contributed by atoms with van der Waals surface area (Å²) < 4.78 is 0. The molecule has 0 spiro atoms. The first-order valence-electron chi connectivity index (χ1n) is 7.38. The molecule has 0 aliphatic heterocycles. The van der Waals surface area contributed by atoms with Crippen LogP contribution in [0.4, 0.5) is 0 Å². The van der Waals surface area contributed by atoms with Gasteiger partial charge in [-0.15, -0.1) is 0 Å². The Hall–Kier alpha value is -1.85. The second-order valence-corrected chi connectivity index (χ2v) is 5.88. The van der Waals surface area contributed by atoms with Gasteiger partial charge in [0.1, 0.15) is 0 Å². The fourth-order valence-corrected chi connectivity index (χ4v) is 3.36. The van der Waals surface area contributed by atoms with E-state index in [0.29, 0.717) is 6.54 Å². The largest absolute Gasteiger partial charge is 0.481 e. The number of amides is 2. The summed E-state index contributed by atoms with van der Waals surface area (Å²) in [6.45, 7) is 2.51. The Labute approximate surface area is 124 Å². The molecular weight excluding hydrogens is 272 g/mol. The van der Waals surface area contributed by atoms with E-state index in [4.69, 9.17) is 0 Å². The van der Waals surface area contributed by atoms with Crippen LogP contribution >= 0.6 is 0 Å². The van der Waals surface area contributed by atoms with Gasteiger partial charge < -0.3 is 15.3 Å². The van der Waals surface area contributed by atoms with E-state index in [1.54, 1.807) is 7.05 Å². The van der Waals surface area contributed by atoms with Crippen LogP contribution in [-0.2, 0) is 14.4 Å². The number of hydrogen-bond donors (Lipinski definition) is 2. The lowest BCUT2D eigenvalue weighted by Gasteiger charge is -2.28. The molecule has 116 valence electrons. The molecule has 4 atom stereocenters. The molecule has 6 nitrogen and oxygen atoms in total. The summed E-state index contributed by atoms with van der Waals surface area (Å²) in [7, 11) is 1.56. The third-order valence-electron chi connectivity index (χ3n) is 4.36. The molecule has 21 heavy (non-hydrogen) atoms. The van der Waals surface area contributed by atoms with Crippen LogP contribution in [0.3, 0.4) is 0 Å². The van der Waals surface area contributed by atoms with Crippen LogP contribution in [0.1, 0.15) is 19.8 Å². The molecule has 2 aliphatic carbocycles. The Morgan fingerprint density at radius 3 is 2.43 bits per heavy atom. The molecule has 0 aromatic heterocycles. The number of fused-ring (bicyclic) bond motifs is 2. The monoisotopic (exact) mass is 294 g/mol. The van der Waals surface area contributed by atoms with Gasteiger partial charge in [-0.1, -0.05) is 19.1 Å². The van der Waals surface area contributed by atoms with Crippen molar-refractivity contribution in [2.24, 2.45) is 23.7 Å². The van der Waals surface area contributed by atoms with Crippen molar-refractivity contribution in [1.82, 2.24) is 10.2 Å². The van der Waals surface area contributed by atoms with Gasteiger partial charge in [0, 0.05) is 13.6 Å². The summed E-state index contributed by atoms with van der Waals surface area (Å²) in [5.74, 6) is -2.64. The number of carboxylic acids is 1. The summed E-state index contributed by atoms with van der Waals surface area (Å²) in [4.78, 5) is 36.9. The molecule has 2 N–H and O–H groups in total. The lowest BCUT2D eigenvalue weighted by molar-refractivity contribution is -0.151. The lowest BCUT2D eigenvalue weighted by Crippen LogP contribution is -2.45. The number of rotatable bonds is 6. The molecule has 2 aliphatic rings. The second kappa shape index (κ2) is 6.28. The van der Waals surface area contributed by atoms with Gasteiger partial charge in [-0.3, -0.25) is 14.4 Å². The van der Waals surface area contributed by atoms with Crippen LogP contribution in [0.15, 0.2) is 12.2 Å². The maximum atomic E-state index is 12.5. The number of likely N-dealkylation sites (N-methyl/N-ethyl adjacent to an activating group) is 1. The minimum atomic E-state index is -0.922. The van der Waals surface area contributed by atoms with Crippen LogP contribution < -0.4 is 5.32 Å². The highest BCUT2D eigenvalue weighted by molar-refractivity contribution is 5.89. The smallest absolute Gasteiger partial charge is 0.307 e. The Kier molecular flexibility index (Phi) is 4.65. The minimum absolute atomic E-state index is 0.00949. The van der Waals surface area contributed by atoms with E-state index in [0.717, 1.165) is 12.8 Å². The van der Waals surface area contributed by atoms with Gasteiger partial charge in [0.25, 0.3) is 0 Å². The summed E-state index contributed by atoms with van der Waals surface area (Å²) in [5, 5.41) is 12.1. The van der Waals surface area contributed by atoms with Crippen LogP contribution in [0.25, 0.3) is 0 Å². The predicted molar refractivity (Wildman–Crippen MR) is 76.3 cm³/mol. The van der Waals surface area contributed by atoms with E-state index in [1.165, 1.54) is 4.90 Å². The molecule has 1 fully saturated rings. The zero-order valence-electron chi connectivity index (χ0n) is 12.4. The van der Waals surface area contributed by atoms with E-state index in [1.807, 2.05) is 19.1 Å². The molecule has 0 aromatic rings. The first-order valence-corrected chi connectivity index (χ1v) is 7.38. The zero-order chi connectivity index (χ0) is 15.6. The van der Waals surface area contributed by atoms with Crippen molar-refractivity contribution in [2.75, 3.05) is 20.1 Å². The molecule has 2 amide bonds. The van der Waals surface area contributed by atoms with E-state index < -0.39 is 17.8 Å². The summed E-state index contributed by atoms with van der Waals surface area (Å²) in [6.07, 6.45) is 5.41. The van der Waals surface area contributed by atoms with Gasteiger partial charge in [-0.05, 0) is 24.7 Å². The highest BCUT2D eigenvalue weighted by Gasteiger charge is 2.52. The first kappa shape index (κ1) is 15.5. The van der Waals surface area contributed by atoms with Crippen molar-refractivity contribution in [3.63, 3.8) is 0 Å². The van der Waals surface area contributed by atoms with E-state index in [2.05, 4.69) is 5.32 Å². The van der Waals surface area contributed by atoms with Crippen LogP contribution in [0.5, 0.6) is 0 Å². The number of aliphatic carboxylic acids is 1. The van der Waals surface area contributed by atoms with Gasteiger partial charge in [-0.2, -0.15) is 0 Å². The first-order chi connectivity index (χ1) is 9.95. The third kappa shape index (κ3) is 3.09. The SMILES string of the molecule is CCCNC(=O)CN(C)C(=O)[C@H]1C2C=CC(C2)[C@H]1C(=O)O. The van der Waals surface area contributed by atoms with Crippen molar-refractivity contribution in [2.45, 2.75) is 19.8 Å². The molecule has 6 heteroatoms. The summed E-state index contributed by atoms with van der Waals surface area (Å²) in [5.41, 5.74) is 0. The third-order valence-corrected chi connectivity index (χ3v) is 4.36. The summed E-state index contributed by atoms with van der Waals surface area (Å²) >= 11 is 0. The Morgan fingerprint density at radius 1 is 1.24 bits per heavy atom. The maximum Gasteiger partial charge on any atom is 0.307 e. The van der Waals surface area contributed by atoms with E-state index in [-0.39, 0.29) is 30.2 Å². The van der Waals surface area contributed by atoms with Crippen molar-refractivity contribution in [3.8, 4) is 0 Å². The molecule has 0 saturated heterocycles. The number of carboxylic acid groups (broad SMARTS) is 1. The molecular formula is C15H22N2O4. The lowest BCUT2D eigenvalue weighted by atomic mass is 9.82. The van der Waals surface area contributed by atoms with Crippen molar-refractivity contribution < 1.29 is 19.5 Å². The number of hydrogen-bond acceptors (Lipinski definition) is 3. The normalized spacial score (nSPS) is 29.4. The van der Waals surface area contributed by atoms with Crippen LogP contribution in [-0.4, -0.2) is 47.9 Å². The predicted octanol–water partition coefficient (Wildman–Crippen LogP) is 0.494. The van der Waals surface area contributed by atoms with Gasteiger partial charge >= 0.3 is 5.97 Å². The molecule has 0 heterocycles. The van der Waals surface area contributed by atoms with Gasteiger partial charge in [-0.25, -0.2) is 0 Å². The van der Waals surface area contributed by atoms with Crippen molar-refractivity contribution in [1.29, 1.82) is 0 Å². The Bertz CT molecular complexity index is 474. The molecule has 0 radical (unpaired) electrons. The maximum absolute atomic E-state index is 12.5. The minimum Gasteiger partial charge on any atom is -0.481 e. The van der Waals surface area contributed by atoms with E-state index >= 15 is 0 Å². The fourth-order valence-electron chi connectivity index (χ4n) is 3.36. The summed E-state index contributed by atoms with van der Waals surface area (Å²) in [6, 6.07) is 0. The van der Waals surface area contributed by atoms with Gasteiger partial charge in [0.15, 0.2) is 0 Å². The topological polar surface area (TPSA) is 86.7 Å². The quantitative estimate of drug-likeness (QED) is 0.698. The molecule has 2 unspecified atom stereocenters. The average Bonchev–Trinajstić information content (AvgIpc) is 3.04. The zero-order valence-corrected chi connectivity index (χ0v) is 12.4. The van der Waals surface area contributed by atoms with Crippen LogP contribution in [0, 0.1) is 23.7 Å². The number of allylic oxidation sites excluding steroid dienone is 2. The van der Waals surface area contributed by atoms with Crippen molar-refractivity contribution >= 4 is 17.8 Å². The Morgan fingerprint density at radius 2 is 1.86 bits per heavy atom. The number of nitrogens with zero attached hydrogens (tertiary/aromatic N) is 1. The van der Waals surface area contributed by atoms with E-state index in [9.17, 15) is 19.5 Å². The van der Waals surface area contributed by atoms with Gasteiger partial charge in [0.05, 0.1) is 18.4 Å². The number of nitrogens with one attached hydrogen (secondary N) is 1. The molecule has 0 aromatic carbocycles.